The van der Waals surface area contributed by atoms with E-state index in [9.17, 15) is 14.4 Å². The molecule has 3 aromatic rings. The van der Waals surface area contributed by atoms with Gasteiger partial charge in [0.25, 0.3) is 0 Å². The van der Waals surface area contributed by atoms with Crippen LogP contribution >= 0.6 is 0 Å². The maximum absolute atomic E-state index is 12.2. The number of esters is 1. The largest absolute Gasteiger partial charge is 0.496 e. The molecule has 1 N–H and O–H groups in total. The normalized spacial score (nSPS) is 10.6. The summed E-state index contributed by atoms with van der Waals surface area (Å²) >= 11 is 0. The first kappa shape index (κ1) is 20.1. The summed E-state index contributed by atoms with van der Waals surface area (Å²) in [6, 6.07) is 13.7. The second kappa shape index (κ2) is 9.05. The fourth-order valence-corrected chi connectivity index (χ4v) is 3.01. The molecule has 1 amide bonds. The molecule has 0 saturated carbocycles. The van der Waals surface area contributed by atoms with Crippen LogP contribution in [0.3, 0.4) is 0 Å². The zero-order valence-electron chi connectivity index (χ0n) is 16.2. The molecule has 0 aliphatic heterocycles. The van der Waals surface area contributed by atoms with Crippen molar-refractivity contribution in [3.63, 3.8) is 0 Å². The molecular formula is C22H21NO6. The number of methoxy groups -OCH3 is 1. The lowest BCUT2D eigenvalue weighted by Crippen LogP contribution is -2.09. The van der Waals surface area contributed by atoms with Crippen LogP contribution in [0.4, 0.5) is 5.69 Å². The average Bonchev–Trinajstić information content (AvgIpc) is 2.69. The quantitative estimate of drug-likeness (QED) is 0.486. The van der Waals surface area contributed by atoms with Gasteiger partial charge in [0, 0.05) is 42.1 Å². The predicted octanol–water partition coefficient (Wildman–Crippen LogP) is 3.44. The Morgan fingerprint density at radius 2 is 1.86 bits per heavy atom. The van der Waals surface area contributed by atoms with Crippen LogP contribution in [0.25, 0.3) is 11.0 Å². The van der Waals surface area contributed by atoms with Crippen molar-refractivity contribution in [3.8, 4) is 5.75 Å². The first-order valence-corrected chi connectivity index (χ1v) is 9.08. The monoisotopic (exact) mass is 395 g/mol. The van der Waals surface area contributed by atoms with E-state index in [1.807, 2.05) is 24.3 Å². The molecule has 0 bridgehead atoms. The molecule has 0 aliphatic carbocycles. The Labute approximate surface area is 167 Å². The average molecular weight is 395 g/mol. The number of carbonyl (C=O) groups excluding carboxylic acids is 2. The minimum Gasteiger partial charge on any atom is -0.496 e. The highest BCUT2D eigenvalue weighted by atomic mass is 16.5. The van der Waals surface area contributed by atoms with E-state index < -0.39 is 5.63 Å². The van der Waals surface area contributed by atoms with Crippen LogP contribution in [-0.2, 0) is 27.4 Å². The number of fused-ring (bicyclic) bond motifs is 1. The number of hydrogen-bond acceptors (Lipinski definition) is 6. The summed E-state index contributed by atoms with van der Waals surface area (Å²) in [6.45, 7) is 1.34. The summed E-state index contributed by atoms with van der Waals surface area (Å²) in [5.41, 5.74) is 1.72. The minimum absolute atomic E-state index is 0.0493. The first-order valence-electron chi connectivity index (χ1n) is 9.08. The third-order valence-corrected chi connectivity index (χ3v) is 4.33. The lowest BCUT2D eigenvalue weighted by molar-refractivity contribution is -0.144. The van der Waals surface area contributed by atoms with Gasteiger partial charge < -0.3 is 19.2 Å². The highest BCUT2D eigenvalue weighted by Crippen LogP contribution is 2.23. The molecule has 0 saturated heterocycles. The van der Waals surface area contributed by atoms with Gasteiger partial charge in [0.2, 0.25) is 5.91 Å². The first-order chi connectivity index (χ1) is 14.0. The van der Waals surface area contributed by atoms with Crippen LogP contribution in [0.15, 0.2) is 57.7 Å². The van der Waals surface area contributed by atoms with Crippen molar-refractivity contribution < 1.29 is 23.5 Å². The van der Waals surface area contributed by atoms with Gasteiger partial charge in [0.05, 0.1) is 7.11 Å². The number of nitrogens with one attached hydrogen (secondary N) is 1. The number of aryl methyl sites for hydroxylation is 1. The lowest BCUT2D eigenvalue weighted by Gasteiger charge is -2.10. The number of rotatable bonds is 7. The van der Waals surface area contributed by atoms with E-state index in [1.54, 1.807) is 25.3 Å². The van der Waals surface area contributed by atoms with E-state index in [1.165, 1.54) is 13.0 Å². The second-order valence-electron chi connectivity index (χ2n) is 6.46. The number of benzene rings is 2. The zero-order valence-corrected chi connectivity index (χ0v) is 16.2. The predicted molar refractivity (Wildman–Crippen MR) is 108 cm³/mol. The topological polar surface area (TPSA) is 94.8 Å². The number of anilines is 1. The third kappa shape index (κ3) is 5.22. The Balaban J connectivity index is 1.68. The van der Waals surface area contributed by atoms with Gasteiger partial charge >= 0.3 is 11.6 Å². The van der Waals surface area contributed by atoms with Gasteiger partial charge in [0.15, 0.2) is 0 Å². The van der Waals surface area contributed by atoms with E-state index in [2.05, 4.69) is 5.32 Å². The number of carbonyl (C=O) groups is 2. The molecule has 0 unspecified atom stereocenters. The minimum atomic E-state index is -0.558. The Kier molecular flexibility index (Phi) is 6.29. The maximum atomic E-state index is 12.2. The summed E-state index contributed by atoms with van der Waals surface area (Å²) in [4.78, 5) is 35.2. The van der Waals surface area contributed by atoms with Crippen LogP contribution in [0.2, 0.25) is 0 Å². The number of amides is 1. The van der Waals surface area contributed by atoms with Crippen LogP contribution in [-0.4, -0.2) is 19.0 Å². The van der Waals surface area contributed by atoms with Gasteiger partial charge in [-0.2, -0.15) is 0 Å². The number of para-hydroxylation sites is 1. The summed E-state index contributed by atoms with van der Waals surface area (Å²) in [6.07, 6.45) is 0.674. The summed E-state index contributed by atoms with van der Waals surface area (Å²) in [7, 11) is 1.58. The van der Waals surface area contributed by atoms with Crippen molar-refractivity contribution in [2.45, 2.75) is 26.4 Å². The van der Waals surface area contributed by atoms with Crippen molar-refractivity contribution in [1.82, 2.24) is 0 Å². The van der Waals surface area contributed by atoms with Crippen molar-refractivity contribution in [2.75, 3.05) is 12.4 Å². The van der Waals surface area contributed by atoms with Crippen LogP contribution in [0.5, 0.6) is 5.75 Å². The fourth-order valence-electron chi connectivity index (χ4n) is 3.01. The molecule has 1 heterocycles. The van der Waals surface area contributed by atoms with E-state index in [0.29, 0.717) is 28.6 Å². The summed E-state index contributed by atoms with van der Waals surface area (Å²) < 4.78 is 15.8. The van der Waals surface area contributed by atoms with Crippen molar-refractivity contribution >= 4 is 28.5 Å². The van der Waals surface area contributed by atoms with Gasteiger partial charge in [-0.1, -0.05) is 18.2 Å². The molecule has 7 heteroatoms. The van der Waals surface area contributed by atoms with Gasteiger partial charge in [-0.15, -0.1) is 0 Å². The van der Waals surface area contributed by atoms with Gasteiger partial charge in [0.1, 0.15) is 17.9 Å². The van der Waals surface area contributed by atoms with Gasteiger partial charge in [-0.05, 0) is 30.2 Å². The van der Waals surface area contributed by atoms with Crippen LogP contribution in [0.1, 0.15) is 24.5 Å². The molecule has 0 radical (unpaired) electrons. The number of hydrogen-bond donors (Lipinski definition) is 1. The van der Waals surface area contributed by atoms with Crippen molar-refractivity contribution in [1.29, 1.82) is 0 Å². The van der Waals surface area contributed by atoms with E-state index in [4.69, 9.17) is 13.9 Å². The molecular weight excluding hydrogens is 374 g/mol. The summed E-state index contributed by atoms with van der Waals surface area (Å²) in [5.74, 6) is 0.112. The highest BCUT2D eigenvalue weighted by molar-refractivity contribution is 5.92. The zero-order chi connectivity index (χ0) is 20.8. The fraction of sp³-hybridized carbons (Fsp3) is 0.227. The molecule has 0 fully saturated rings. The molecule has 1 aromatic heterocycles. The Bertz CT molecular complexity index is 1100. The summed E-state index contributed by atoms with van der Waals surface area (Å²) in [5, 5.41) is 3.27. The van der Waals surface area contributed by atoms with E-state index in [0.717, 1.165) is 11.3 Å². The van der Waals surface area contributed by atoms with Crippen LogP contribution < -0.4 is 15.7 Å². The molecule has 3 rings (SSSR count). The molecule has 2 aromatic carbocycles. The number of ether oxygens (including phenoxy) is 2. The van der Waals surface area contributed by atoms with E-state index >= 15 is 0 Å². The lowest BCUT2D eigenvalue weighted by atomic mass is 10.1. The molecule has 150 valence electrons. The van der Waals surface area contributed by atoms with Crippen molar-refractivity contribution in [3.05, 3.63) is 70.1 Å². The Morgan fingerprint density at radius 3 is 2.62 bits per heavy atom. The second-order valence-corrected chi connectivity index (χ2v) is 6.46. The van der Waals surface area contributed by atoms with E-state index in [-0.39, 0.29) is 24.9 Å². The Hall–Kier alpha value is -3.61. The van der Waals surface area contributed by atoms with Crippen LogP contribution in [0, 0.1) is 0 Å². The van der Waals surface area contributed by atoms with Gasteiger partial charge in [-0.3, -0.25) is 9.59 Å². The molecule has 29 heavy (non-hydrogen) atoms. The smallest absolute Gasteiger partial charge is 0.336 e. The third-order valence-electron chi connectivity index (χ3n) is 4.33. The van der Waals surface area contributed by atoms with Gasteiger partial charge in [-0.25, -0.2) is 4.79 Å². The maximum Gasteiger partial charge on any atom is 0.336 e. The molecule has 0 spiro atoms. The highest BCUT2D eigenvalue weighted by Gasteiger charge is 2.11. The Morgan fingerprint density at radius 1 is 1.07 bits per heavy atom. The molecule has 0 atom stereocenters. The molecule has 7 nitrogen and oxygen atoms in total. The molecule has 0 aliphatic rings. The SMILES string of the molecule is COc1ccccc1CCC(=O)OCc1cc(=O)oc2cc(NC(C)=O)ccc12. The standard InChI is InChI=1S/C22H21NO6/c1-14(24)23-17-8-9-18-16(11-22(26)29-20(18)12-17)13-28-21(25)10-7-15-5-3-4-6-19(15)27-2/h3-6,8-9,11-12H,7,10,13H2,1-2H3,(H,23,24). The van der Waals surface area contributed by atoms with Crippen molar-refractivity contribution in [2.24, 2.45) is 0 Å².